The fourth-order valence-corrected chi connectivity index (χ4v) is 3.43. The molecule has 4 aromatic rings. The summed E-state index contributed by atoms with van der Waals surface area (Å²) in [6.07, 6.45) is 1.66. The normalized spacial score (nSPS) is 10.6. The van der Waals surface area contributed by atoms with Gasteiger partial charge >= 0.3 is 5.97 Å². The number of halogens is 1. The van der Waals surface area contributed by atoms with E-state index in [1.54, 1.807) is 35.0 Å². The van der Waals surface area contributed by atoms with E-state index >= 15 is 0 Å². The van der Waals surface area contributed by atoms with E-state index in [9.17, 15) is 24.3 Å². The fraction of sp³-hybridized carbons (Fsp3) is 0.0435. The summed E-state index contributed by atoms with van der Waals surface area (Å²) in [6, 6.07) is 16.5. The van der Waals surface area contributed by atoms with Gasteiger partial charge in [-0.3, -0.25) is 9.59 Å². The molecule has 4 rings (SSSR count). The highest BCUT2D eigenvalue weighted by molar-refractivity contribution is 6.09. The molecule has 0 saturated carbocycles. The van der Waals surface area contributed by atoms with Gasteiger partial charge in [-0.05, 0) is 29.8 Å². The first-order valence-corrected chi connectivity index (χ1v) is 9.40. The molecule has 0 aliphatic heterocycles. The Kier molecular flexibility index (Phi) is 5.27. The zero-order valence-electron chi connectivity index (χ0n) is 16.4. The molecule has 9 heteroatoms. The number of aromatic nitrogens is 2. The van der Waals surface area contributed by atoms with E-state index < -0.39 is 35.7 Å². The summed E-state index contributed by atoms with van der Waals surface area (Å²) in [5.41, 5.74) is 1.31. The van der Waals surface area contributed by atoms with Gasteiger partial charge in [-0.25, -0.2) is 9.37 Å². The number of carboxylic acid groups (broad SMARTS) is 1. The Morgan fingerprint density at radius 3 is 2.44 bits per heavy atom. The van der Waals surface area contributed by atoms with Crippen LogP contribution in [0.5, 0.6) is 5.75 Å². The summed E-state index contributed by atoms with van der Waals surface area (Å²) in [5.74, 6) is -3.14. The van der Waals surface area contributed by atoms with Gasteiger partial charge in [-0.1, -0.05) is 30.3 Å². The average Bonchev–Trinajstić information content (AvgIpc) is 3.20. The number of aromatic hydroxyl groups is 1. The van der Waals surface area contributed by atoms with Gasteiger partial charge in [0.05, 0.1) is 10.9 Å². The van der Waals surface area contributed by atoms with E-state index in [0.717, 1.165) is 0 Å². The van der Waals surface area contributed by atoms with Crippen LogP contribution in [0.1, 0.15) is 16.2 Å². The third-order valence-electron chi connectivity index (χ3n) is 4.82. The van der Waals surface area contributed by atoms with E-state index in [4.69, 9.17) is 5.11 Å². The number of rotatable bonds is 5. The van der Waals surface area contributed by atoms with Gasteiger partial charge in [-0.15, -0.1) is 0 Å². The number of benzene rings is 2. The van der Waals surface area contributed by atoms with Crippen LogP contribution >= 0.6 is 0 Å². The lowest BCUT2D eigenvalue weighted by Gasteiger charge is -2.10. The van der Waals surface area contributed by atoms with Crippen molar-refractivity contribution in [1.82, 2.24) is 14.9 Å². The quantitative estimate of drug-likeness (QED) is 0.446. The maximum absolute atomic E-state index is 13.5. The molecule has 0 aliphatic rings. The molecule has 2 aromatic carbocycles. The summed E-state index contributed by atoms with van der Waals surface area (Å²) < 4.78 is 15.1. The van der Waals surface area contributed by atoms with Crippen LogP contribution in [0.25, 0.3) is 27.7 Å². The molecule has 32 heavy (non-hydrogen) atoms. The lowest BCUT2D eigenvalue weighted by Crippen LogP contribution is -2.30. The van der Waals surface area contributed by atoms with Gasteiger partial charge in [0.15, 0.2) is 17.1 Å². The molecule has 0 bridgehead atoms. The van der Waals surface area contributed by atoms with Crippen molar-refractivity contribution in [3.05, 3.63) is 78.0 Å². The number of fused-ring (bicyclic) bond motifs is 1. The Hall–Kier alpha value is -4.71. The van der Waals surface area contributed by atoms with Crippen molar-refractivity contribution in [1.29, 1.82) is 5.26 Å². The molecule has 2 heterocycles. The topological polar surface area (TPSA) is 128 Å². The number of nitrogens with zero attached hydrogens (tertiary/aromatic N) is 3. The van der Waals surface area contributed by atoms with Crippen LogP contribution in [0.3, 0.4) is 0 Å². The largest absolute Gasteiger partial charge is 0.505 e. The average molecular weight is 430 g/mol. The molecule has 2 aromatic heterocycles. The maximum atomic E-state index is 13.5. The second-order valence-electron chi connectivity index (χ2n) is 6.82. The van der Waals surface area contributed by atoms with Gasteiger partial charge in [0.2, 0.25) is 0 Å². The summed E-state index contributed by atoms with van der Waals surface area (Å²) >= 11 is 0. The minimum atomic E-state index is -1.27. The van der Waals surface area contributed by atoms with Crippen molar-refractivity contribution in [3.8, 4) is 28.6 Å². The minimum Gasteiger partial charge on any atom is -0.505 e. The second kappa shape index (κ2) is 8.20. The molecule has 0 unspecified atom stereocenters. The lowest BCUT2D eigenvalue weighted by molar-refractivity contribution is -0.135. The zero-order chi connectivity index (χ0) is 22.8. The van der Waals surface area contributed by atoms with Crippen molar-refractivity contribution in [2.45, 2.75) is 0 Å². The SMILES string of the molecule is N#Cc1nc(C(=O)NCC(=O)O)c(O)c2c(-c3ccccc3)cn(-c3ccc(F)cc3)c12. The van der Waals surface area contributed by atoms with Crippen LogP contribution in [0.15, 0.2) is 60.8 Å². The first-order chi connectivity index (χ1) is 15.4. The van der Waals surface area contributed by atoms with E-state index in [2.05, 4.69) is 10.3 Å². The van der Waals surface area contributed by atoms with Crippen LogP contribution in [0.4, 0.5) is 4.39 Å². The first kappa shape index (κ1) is 20.6. The van der Waals surface area contributed by atoms with Crippen LogP contribution in [0.2, 0.25) is 0 Å². The third kappa shape index (κ3) is 3.61. The summed E-state index contributed by atoms with van der Waals surface area (Å²) in [7, 11) is 0. The fourth-order valence-electron chi connectivity index (χ4n) is 3.43. The monoisotopic (exact) mass is 430 g/mol. The van der Waals surface area contributed by atoms with E-state index in [0.29, 0.717) is 16.8 Å². The highest BCUT2D eigenvalue weighted by Crippen LogP contribution is 2.40. The third-order valence-corrected chi connectivity index (χ3v) is 4.82. The Balaban J connectivity index is 2.04. The van der Waals surface area contributed by atoms with Gasteiger partial charge in [0.1, 0.15) is 18.4 Å². The lowest BCUT2D eigenvalue weighted by atomic mass is 10.0. The van der Waals surface area contributed by atoms with E-state index in [1.807, 2.05) is 12.1 Å². The van der Waals surface area contributed by atoms with Crippen molar-refractivity contribution < 1.29 is 24.2 Å². The van der Waals surface area contributed by atoms with Crippen molar-refractivity contribution in [2.24, 2.45) is 0 Å². The number of carbonyl (C=O) groups is 2. The molecule has 0 atom stereocenters. The van der Waals surface area contributed by atoms with Crippen molar-refractivity contribution in [3.63, 3.8) is 0 Å². The van der Waals surface area contributed by atoms with Crippen LogP contribution < -0.4 is 5.32 Å². The number of hydrogen-bond acceptors (Lipinski definition) is 5. The molecule has 0 spiro atoms. The van der Waals surface area contributed by atoms with Gasteiger partial charge in [0.25, 0.3) is 5.91 Å². The number of amides is 1. The van der Waals surface area contributed by atoms with Crippen molar-refractivity contribution >= 4 is 22.8 Å². The van der Waals surface area contributed by atoms with Gasteiger partial charge in [0, 0.05) is 17.4 Å². The molecule has 3 N–H and O–H groups in total. The van der Waals surface area contributed by atoms with Gasteiger partial charge < -0.3 is 20.1 Å². The number of nitriles is 1. The molecular weight excluding hydrogens is 415 g/mol. The molecule has 0 saturated heterocycles. The van der Waals surface area contributed by atoms with E-state index in [1.165, 1.54) is 24.3 Å². The highest BCUT2D eigenvalue weighted by atomic mass is 19.1. The predicted molar refractivity (Wildman–Crippen MR) is 113 cm³/mol. The Labute approximate surface area is 180 Å². The summed E-state index contributed by atoms with van der Waals surface area (Å²) in [4.78, 5) is 27.3. The second-order valence-corrected chi connectivity index (χ2v) is 6.82. The zero-order valence-corrected chi connectivity index (χ0v) is 16.4. The smallest absolute Gasteiger partial charge is 0.322 e. The summed E-state index contributed by atoms with van der Waals surface area (Å²) in [5, 5.41) is 31.9. The Morgan fingerprint density at radius 1 is 1.12 bits per heavy atom. The van der Waals surface area contributed by atoms with Crippen LogP contribution in [-0.2, 0) is 4.79 Å². The number of carboxylic acids is 1. The molecule has 8 nitrogen and oxygen atoms in total. The molecular formula is C23H15FN4O4. The molecule has 0 radical (unpaired) electrons. The first-order valence-electron chi connectivity index (χ1n) is 9.40. The number of hydrogen-bond donors (Lipinski definition) is 3. The minimum absolute atomic E-state index is 0.162. The summed E-state index contributed by atoms with van der Waals surface area (Å²) in [6.45, 7) is -0.679. The Morgan fingerprint density at radius 2 is 1.81 bits per heavy atom. The van der Waals surface area contributed by atoms with Crippen molar-refractivity contribution in [2.75, 3.05) is 6.54 Å². The molecule has 1 amide bonds. The molecule has 158 valence electrons. The number of carbonyl (C=O) groups excluding carboxylic acids is 1. The number of pyridine rings is 1. The Bertz CT molecular complexity index is 1390. The molecule has 0 fully saturated rings. The van der Waals surface area contributed by atoms with E-state index in [-0.39, 0.29) is 16.6 Å². The van der Waals surface area contributed by atoms with Crippen LogP contribution in [-0.4, -0.2) is 38.2 Å². The highest BCUT2D eigenvalue weighted by Gasteiger charge is 2.25. The number of nitrogens with one attached hydrogen (secondary N) is 1. The van der Waals surface area contributed by atoms with Gasteiger partial charge in [-0.2, -0.15) is 5.26 Å². The predicted octanol–water partition coefficient (Wildman–Crippen LogP) is 3.22. The standard InChI is InChI=1S/C23H15FN4O4/c24-14-6-8-15(9-7-14)28-12-16(13-4-2-1-3-5-13)19-21(28)17(10-25)27-20(22(19)31)23(32)26-11-18(29)30/h1-9,12,31H,11H2,(H,26,32)(H,29,30). The maximum Gasteiger partial charge on any atom is 0.322 e. The van der Waals surface area contributed by atoms with Crippen LogP contribution in [0, 0.1) is 17.1 Å². The number of aliphatic carboxylic acids is 1. The molecule has 0 aliphatic carbocycles.